The lowest BCUT2D eigenvalue weighted by molar-refractivity contribution is 0.614. The van der Waals surface area contributed by atoms with Gasteiger partial charge < -0.3 is 5.73 Å². The van der Waals surface area contributed by atoms with Crippen LogP contribution in [0.4, 0.5) is 0 Å². The largest absolute Gasteiger partial charge is 0.330 e. The highest BCUT2D eigenvalue weighted by atomic mass is 16.2. The molecule has 1 atom stereocenters. The highest BCUT2D eigenvalue weighted by molar-refractivity contribution is 5.05. The Hall–Kier alpha value is -1.36. The minimum absolute atomic E-state index is 0.313. The van der Waals surface area contributed by atoms with Gasteiger partial charge >= 0.3 is 5.69 Å². The molecule has 0 radical (unpaired) electrons. The molecule has 0 spiro atoms. The zero-order chi connectivity index (χ0) is 10.2. The van der Waals surface area contributed by atoms with Crippen LogP contribution in [0, 0.1) is 0 Å². The predicted octanol–water partition coefficient (Wildman–Crippen LogP) is -0.896. The van der Waals surface area contributed by atoms with Gasteiger partial charge in [0.1, 0.15) is 0 Å². The normalized spacial score (nSPS) is 12.9. The van der Waals surface area contributed by atoms with Crippen molar-refractivity contribution in [3.05, 3.63) is 32.6 Å². The molecule has 0 amide bonds. The smallest absolute Gasteiger partial charge is 0.323 e. The lowest BCUT2D eigenvalue weighted by atomic mass is 10.2. The van der Waals surface area contributed by atoms with Crippen LogP contribution in [0.15, 0.2) is 15.7 Å². The van der Waals surface area contributed by atoms with Crippen LogP contribution in [-0.2, 0) is 14.1 Å². The minimum atomic E-state index is -0.347. The van der Waals surface area contributed by atoms with Crippen molar-refractivity contribution in [3.63, 3.8) is 0 Å². The molecule has 2 N–H and O–H groups in total. The molecule has 72 valence electrons. The third-order valence-electron chi connectivity index (χ3n) is 2.03. The summed E-state index contributed by atoms with van der Waals surface area (Å²) >= 11 is 0. The molecule has 0 fully saturated rings. The van der Waals surface area contributed by atoms with Crippen LogP contribution in [0.3, 0.4) is 0 Å². The molecule has 0 unspecified atom stereocenters. The van der Waals surface area contributed by atoms with Gasteiger partial charge in [0.2, 0.25) is 0 Å². The van der Waals surface area contributed by atoms with Crippen molar-refractivity contribution in [2.75, 3.05) is 0 Å². The summed E-state index contributed by atoms with van der Waals surface area (Å²) in [5.74, 6) is 0. The van der Waals surface area contributed by atoms with Crippen LogP contribution >= 0.6 is 0 Å². The first-order valence-corrected chi connectivity index (χ1v) is 3.97. The molecule has 0 aliphatic rings. The standard InChI is InChI=1S/C8H13N3O2/c1-5(9)6-4-7(12)11(3)8(13)10(6)2/h4-5H,9H2,1-3H3/t5-/m0/s1. The number of hydrogen-bond acceptors (Lipinski definition) is 3. The Morgan fingerprint density at radius 1 is 1.31 bits per heavy atom. The van der Waals surface area contributed by atoms with Crippen molar-refractivity contribution in [3.8, 4) is 0 Å². The summed E-state index contributed by atoms with van der Waals surface area (Å²) < 4.78 is 2.43. The highest BCUT2D eigenvalue weighted by Gasteiger charge is 2.08. The molecule has 0 saturated heterocycles. The second-order valence-corrected chi connectivity index (χ2v) is 3.10. The van der Waals surface area contributed by atoms with Gasteiger partial charge in [-0.15, -0.1) is 0 Å². The van der Waals surface area contributed by atoms with Crippen LogP contribution in [0.5, 0.6) is 0 Å². The first kappa shape index (κ1) is 9.73. The molecule has 13 heavy (non-hydrogen) atoms. The van der Waals surface area contributed by atoms with Crippen molar-refractivity contribution in [1.82, 2.24) is 9.13 Å². The predicted molar refractivity (Wildman–Crippen MR) is 49.5 cm³/mol. The van der Waals surface area contributed by atoms with E-state index in [2.05, 4.69) is 0 Å². The summed E-state index contributed by atoms with van der Waals surface area (Å²) in [5.41, 5.74) is 5.47. The van der Waals surface area contributed by atoms with Crippen molar-refractivity contribution < 1.29 is 0 Å². The summed E-state index contributed by atoms with van der Waals surface area (Å²) in [6, 6.07) is 1.07. The maximum atomic E-state index is 11.4. The fourth-order valence-corrected chi connectivity index (χ4v) is 1.19. The second-order valence-electron chi connectivity index (χ2n) is 3.10. The molecular weight excluding hydrogens is 170 g/mol. The topological polar surface area (TPSA) is 70.0 Å². The van der Waals surface area contributed by atoms with E-state index in [1.807, 2.05) is 0 Å². The van der Waals surface area contributed by atoms with Gasteiger partial charge in [0.25, 0.3) is 5.56 Å². The summed E-state index contributed by atoms with van der Waals surface area (Å²) in [5, 5.41) is 0. The zero-order valence-electron chi connectivity index (χ0n) is 7.94. The fraction of sp³-hybridized carbons (Fsp3) is 0.500. The molecule has 0 bridgehead atoms. The third kappa shape index (κ3) is 1.55. The Balaban J connectivity index is 3.60. The van der Waals surface area contributed by atoms with Gasteiger partial charge in [-0.2, -0.15) is 0 Å². The summed E-state index contributed by atoms with van der Waals surface area (Å²) in [6.45, 7) is 1.73. The molecule has 5 heteroatoms. The maximum absolute atomic E-state index is 11.4. The quantitative estimate of drug-likeness (QED) is 0.613. The van der Waals surface area contributed by atoms with Crippen molar-refractivity contribution in [1.29, 1.82) is 0 Å². The lowest BCUT2D eigenvalue weighted by Crippen LogP contribution is -2.39. The molecule has 5 nitrogen and oxygen atoms in total. The summed E-state index contributed by atoms with van der Waals surface area (Å²) in [7, 11) is 3.04. The Morgan fingerprint density at radius 3 is 2.31 bits per heavy atom. The van der Waals surface area contributed by atoms with Gasteiger partial charge in [-0.3, -0.25) is 13.9 Å². The van der Waals surface area contributed by atoms with Crippen molar-refractivity contribution in [2.24, 2.45) is 19.8 Å². The number of nitrogens with two attached hydrogens (primary N) is 1. The van der Waals surface area contributed by atoms with E-state index < -0.39 is 0 Å². The Labute approximate surface area is 75.4 Å². The number of nitrogens with zero attached hydrogens (tertiary/aromatic N) is 2. The maximum Gasteiger partial charge on any atom is 0.330 e. The monoisotopic (exact) mass is 183 g/mol. The van der Waals surface area contributed by atoms with Crippen LogP contribution in [0.25, 0.3) is 0 Å². The molecule has 1 rings (SSSR count). The van der Waals surface area contributed by atoms with E-state index in [9.17, 15) is 9.59 Å². The first-order valence-electron chi connectivity index (χ1n) is 3.97. The Morgan fingerprint density at radius 2 is 1.85 bits per heavy atom. The molecule has 1 heterocycles. The van der Waals surface area contributed by atoms with E-state index in [1.165, 1.54) is 17.7 Å². The van der Waals surface area contributed by atoms with Gasteiger partial charge in [0.05, 0.1) is 0 Å². The van der Waals surface area contributed by atoms with Gasteiger partial charge in [-0.05, 0) is 6.92 Å². The van der Waals surface area contributed by atoms with Crippen LogP contribution in [0.1, 0.15) is 18.7 Å². The van der Waals surface area contributed by atoms with Gasteiger partial charge in [0.15, 0.2) is 0 Å². The molecule has 0 aliphatic carbocycles. The lowest BCUT2D eigenvalue weighted by Gasteiger charge is -2.11. The first-order chi connectivity index (χ1) is 5.95. The van der Waals surface area contributed by atoms with E-state index in [4.69, 9.17) is 5.73 Å². The average Bonchev–Trinajstić information content (AvgIpc) is 2.07. The molecule has 1 aromatic rings. The number of hydrogen-bond donors (Lipinski definition) is 1. The van der Waals surface area contributed by atoms with Gasteiger partial charge in [-0.25, -0.2) is 4.79 Å². The average molecular weight is 183 g/mol. The van der Waals surface area contributed by atoms with Crippen molar-refractivity contribution >= 4 is 0 Å². The van der Waals surface area contributed by atoms with Crippen molar-refractivity contribution in [2.45, 2.75) is 13.0 Å². The van der Waals surface area contributed by atoms with Crippen LogP contribution in [-0.4, -0.2) is 9.13 Å². The number of rotatable bonds is 1. The summed E-state index contributed by atoms with van der Waals surface area (Å²) in [6.07, 6.45) is 0. The van der Waals surface area contributed by atoms with Crippen LogP contribution < -0.4 is 17.0 Å². The Bertz CT molecular complexity index is 428. The minimum Gasteiger partial charge on any atom is -0.323 e. The van der Waals surface area contributed by atoms with E-state index >= 15 is 0 Å². The van der Waals surface area contributed by atoms with E-state index in [1.54, 1.807) is 14.0 Å². The second kappa shape index (κ2) is 3.18. The zero-order valence-corrected chi connectivity index (χ0v) is 7.94. The molecular formula is C8H13N3O2. The Kier molecular flexibility index (Phi) is 2.38. The fourth-order valence-electron chi connectivity index (χ4n) is 1.19. The van der Waals surface area contributed by atoms with Gasteiger partial charge in [0, 0.05) is 31.9 Å². The van der Waals surface area contributed by atoms with E-state index in [0.717, 1.165) is 4.57 Å². The molecule has 0 aliphatic heterocycles. The number of aromatic nitrogens is 2. The summed E-state index contributed by atoms with van der Waals surface area (Å²) in [4.78, 5) is 22.6. The van der Waals surface area contributed by atoms with E-state index in [-0.39, 0.29) is 17.3 Å². The SMILES string of the molecule is C[C@H](N)c1cc(=O)n(C)c(=O)n1C. The third-order valence-corrected chi connectivity index (χ3v) is 2.03. The van der Waals surface area contributed by atoms with E-state index in [0.29, 0.717) is 5.69 Å². The molecule has 1 aromatic heterocycles. The van der Waals surface area contributed by atoms with Gasteiger partial charge in [-0.1, -0.05) is 0 Å². The van der Waals surface area contributed by atoms with Crippen LogP contribution in [0.2, 0.25) is 0 Å². The molecule has 0 saturated carbocycles. The highest BCUT2D eigenvalue weighted by Crippen LogP contribution is 2.01. The molecule has 0 aromatic carbocycles.